The highest BCUT2D eigenvalue weighted by Gasteiger charge is 2.28. The summed E-state index contributed by atoms with van der Waals surface area (Å²) in [7, 11) is 0. The van der Waals surface area contributed by atoms with Crippen LogP contribution in [-0.4, -0.2) is 33.9 Å². The third-order valence-electron chi connectivity index (χ3n) is 4.53. The van der Waals surface area contributed by atoms with Gasteiger partial charge < -0.3 is 4.90 Å². The average molecular weight is 386 g/mol. The zero-order chi connectivity index (χ0) is 17.5. The highest BCUT2D eigenvalue weighted by Crippen LogP contribution is 2.39. The lowest BCUT2D eigenvalue weighted by molar-refractivity contribution is -0.116. The summed E-state index contributed by atoms with van der Waals surface area (Å²) < 4.78 is 0.436. The lowest BCUT2D eigenvalue weighted by Gasteiger charge is -2.34. The number of halogens is 1. The summed E-state index contributed by atoms with van der Waals surface area (Å²) in [6, 6.07) is 6.37. The maximum Gasteiger partial charge on any atom is 0.241 e. The molecule has 2 unspecified atom stereocenters. The molecule has 0 spiro atoms. The zero-order valence-electron chi connectivity index (χ0n) is 14.9. The standard InChI is InChI=1S/C19H28ClNOS2/c1-4-14-8-7-9-15(5-2)19(14)21(17(22)12-20)13-18-23-11-10-16(6-3)24-18/h7-9,16,18H,4-6,10-13H2,1-3H3. The third kappa shape index (κ3) is 4.86. The van der Waals surface area contributed by atoms with Crippen LogP contribution in [0.4, 0.5) is 5.69 Å². The fraction of sp³-hybridized carbons (Fsp3) is 0.632. The van der Waals surface area contributed by atoms with E-state index in [9.17, 15) is 4.79 Å². The van der Waals surface area contributed by atoms with Gasteiger partial charge in [0.05, 0.1) is 10.3 Å². The second-order valence-electron chi connectivity index (χ2n) is 6.03. The number of amides is 1. The fourth-order valence-electron chi connectivity index (χ4n) is 3.15. The van der Waals surface area contributed by atoms with E-state index < -0.39 is 0 Å². The molecule has 2 nitrogen and oxygen atoms in total. The minimum Gasteiger partial charge on any atom is -0.309 e. The van der Waals surface area contributed by atoms with E-state index in [1.54, 1.807) is 0 Å². The van der Waals surface area contributed by atoms with Gasteiger partial charge in [0.2, 0.25) is 5.91 Å². The Morgan fingerprint density at radius 1 is 1.25 bits per heavy atom. The van der Waals surface area contributed by atoms with E-state index in [0.29, 0.717) is 4.58 Å². The van der Waals surface area contributed by atoms with Crippen molar-refractivity contribution >= 4 is 46.7 Å². The highest BCUT2D eigenvalue weighted by atomic mass is 35.5. The first-order chi connectivity index (χ1) is 11.6. The van der Waals surface area contributed by atoms with Gasteiger partial charge in [0.1, 0.15) is 5.88 Å². The number of nitrogens with zero attached hydrogens (tertiary/aromatic N) is 1. The number of para-hydroxylation sites is 1. The van der Waals surface area contributed by atoms with Crippen LogP contribution in [0, 0.1) is 0 Å². The van der Waals surface area contributed by atoms with Gasteiger partial charge in [-0.3, -0.25) is 4.79 Å². The maximum absolute atomic E-state index is 12.6. The topological polar surface area (TPSA) is 20.3 Å². The first-order valence-corrected chi connectivity index (χ1v) is 11.4. The van der Waals surface area contributed by atoms with Crippen molar-refractivity contribution in [3.8, 4) is 0 Å². The number of carbonyl (C=O) groups excluding carboxylic acids is 1. The molecule has 1 fully saturated rings. The van der Waals surface area contributed by atoms with Crippen molar-refractivity contribution < 1.29 is 4.79 Å². The molecule has 0 bridgehead atoms. The number of hydrogen-bond acceptors (Lipinski definition) is 3. The summed E-state index contributed by atoms with van der Waals surface area (Å²) >= 11 is 9.98. The molecular formula is C19H28ClNOS2. The number of benzene rings is 1. The number of alkyl halides is 1. The molecule has 1 heterocycles. The van der Waals surface area contributed by atoms with Crippen molar-refractivity contribution in [1.82, 2.24) is 0 Å². The molecule has 2 rings (SSSR count). The lowest BCUT2D eigenvalue weighted by atomic mass is 10.0. The maximum atomic E-state index is 12.6. The molecule has 0 saturated carbocycles. The first-order valence-electron chi connectivity index (χ1n) is 8.88. The molecule has 5 heteroatoms. The molecule has 1 aromatic rings. The van der Waals surface area contributed by atoms with E-state index in [1.807, 2.05) is 28.4 Å². The molecule has 134 valence electrons. The van der Waals surface area contributed by atoms with Crippen LogP contribution < -0.4 is 4.90 Å². The molecule has 1 amide bonds. The number of carbonyl (C=O) groups is 1. The number of hydrogen-bond donors (Lipinski definition) is 0. The monoisotopic (exact) mass is 385 g/mol. The smallest absolute Gasteiger partial charge is 0.241 e. The Labute approximate surface area is 160 Å². The second kappa shape index (κ2) is 9.98. The van der Waals surface area contributed by atoms with Crippen LogP contribution in [0.5, 0.6) is 0 Å². The summed E-state index contributed by atoms with van der Waals surface area (Å²) in [5.74, 6) is 1.25. The van der Waals surface area contributed by atoms with Gasteiger partial charge in [0.25, 0.3) is 0 Å². The molecule has 24 heavy (non-hydrogen) atoms. The Kier molecular flexibility index (Phi) is 8.32. The largest absolute Gasteiger partial charge is 0.309 e. The number of thioether (sulfide) groups is 2. The van der Waals surface area contributed by atoms with Crippen molar-refractivity contribution in [2.24, 2.45) is 0 Å². The molecule has 0 aromatic heterocycles. The van der Waals surface area contributed by atoms with Crippen LogP contribution in [-0.2, 0) is 17.6 Å². The Bertz CT molecular complexity index is 530. The van der Waals surface area contributed by atoms with E-state index >= 15 is 0 Å². The van der Waals surface area contributed by atoms with Gasteiger partial charge in [-0.05, 0) is 42.6 Å². The van der Waals surface area contributed by atoms with Crippen LogP contribution in [0.25, 0.3) is 0 Å². The molecule has 1 aliphatic rings. The van der Waals surface area contributed by atoms with Crippen molar-refractivity contribution in [2.75, 3.05) is 23.1 Å². The van der Waals surface area contributed by atoms with Crippen molar-refractivity contribution in [3.05, 3.63) is 29.3 Å². The number of anilines is 1. The zero-order valence-corrected chi connectivity index (χ0v) is 17.3. The van der Waals surface area contributed by atoms with Gasteiger partial charge in [0.15, 0.2) is 0 Å². The van der Waals surface area contributed by atoms with E-state index in [4.69, 9.17) is 11.6 Å². The summed E-state index contributed by atoms with van der Waals surface area (Å²) in [5, 5.41) is 0.719. The highest BCUT2D eigenvalue weighted by molar-refractivity contribution is 8.17. The lowest BCUT2D eigenvalue weighted by Crippen LogP contribution is -2.39. The molecule has 1 aliphatic heterocycles. The molecule has 0 radical (unpaired) electrons. The molecule has 2 atom stereocenters. The number of rotatable bonds is 7. The van der Waals surface area contributed by atoms with Crippen LogP contribution in [0.3, 0.4) is 0 Å². The van der Waals surface area contributed by atoms with Crippen LogP contribution >= 0.6 is 35.1 Å². The summed E-state index contributed by atoms with van der Waals surface area (Å²) in [4.78, 5) is 14.6. The minimum absolute atomic E-state index is 0.0205. The van der Waals surface area contributed by atoms with Crippen molar-refractivity contribution in [3.63, 3.8) is 0 Å². The third-order valence-corrected chi connectivity index (χ3v) is 7.89. The molecule has 0 aliphatic carbocycles. The predicted molar refractivity (Wildman–Crippen MR) is 111 cm³/mol. The normalized spacial score (nSPS) is 20.8. The molecular weight excluding hydrogens is 358 g/mol. The van der Waals surface area contributed by atoms with Gasteiger partial charge in [-0.25, -0.2) is 0 Å². The Hall–Kier alpha value is -0.320. The summed E-state index contributed by atoms with van der Waals surface area (Å²) in [6.07, 6.45) is 4.34. The van der Waals surface area contributed by atoms with Gasteiger partial charge in [-0.15, -0.1) is 35.1 Å². The Morgan fingerprint density at radius 2 is 1.92 bits per heavy atom. The Balaban J connectivity index is 2.31. The van der Waals surface area contributed by atoms with Gasteiger partial charge in [-0.1, -0.05) is 39.0 Å². The van der Waals surface area contributed by atoms with E-state index in [2.05, 4.69) is 39.0 Å². The van der Waals surface area contributed by atoms with Crippen LogP contribution in [0.2, 0.25) is 0 Å². The van der Waals surface area contributed by atoms with E-state index in [-0.39, 0.29) is 11.8 Å². The fourth-order valence-corrected chi connectivity index (χ4v) is 6.57. The Morgan fingerprint density at radius 3 is 2.46 bits per heavy atom. The van der Waals surface area contributed by atoms with Gasteiger partial charge >= 0.3 is 0 Å². The van der Waals surface area contributed by atoms with Gasteiger partial charge in [-0.2, -0.15) is 0 Å². The summed E-state index contributed by atoms with van der Waals surface area (Å²) in [6.45, 7) is 7.31. The number of aryl methyl sites for hydroxylation is 2. The van der Waals surface area contributed by atoms with Crippen LogP contribution in [0.1, 0.15) is 44.7 Å². The SMILES string of the molecule is CCc1cccc(CC)c1N(CC1SCCC(CC)S1)C(=O)CCl. The average Bonchev–Trinajstić information content (AvgIpc) is 2.64. The predicted octanol–water partition coefficient (Wildman–Crippen LogP) is 5.36. The van der Waals surface area contributed by atoms with E-state index in [0.717, 1.165) is 30.3 Å². The minimum atomic E-state index is 0.0205. The molecule has 1 saturated heterocycles. The first kappa shape index (κ1) is 20.0. The quantitative estimate of drug-likeness (QED) is 0.589. The van der Waals surface area contributed by atoms with Gasteiger partial charge in [0, 0.05) is 11.8 Å². The molecule has 1 aromatic carbocycles. The van der Waals surface area contributed by atoms with E-state index in [1.165, 1.54) is 29.7 Å². The molecule has 0 N–H and O–H groups in total. The van der Waals surface area contributed by atoms with Crippen molar-refractivity contribution in [2.45, 2.75) is 56.3 Å². The summed E-state index contributed by atoms with van der Waals surface area (Å²) in [5.41, 5.74) is 3.59. The van der Waals surface area contributed by atoms with Crippen molar-refractivity contribution in [1.29, 1.82) is 0 Å². The van der Waals surface area contributed by atoms with Crippen LogP contribution in [0.15, 0.2) is 18.2 Å². The second-order valence-corrected chi connectivity index (χ2v) is 9.41.